The molecule has 3 N–H and O–H groups in total. The third-order valence-electron chi connectivity index (χ3n) is 5.21. The van der Waals surface area contributed by atoms with Gasteiger partial charge in [-0.2, -0.15) is 13.2 Å². The van der Waals surface area contributed by atoms with Crippen molar-refractivity contribution < 1.29 is 31.3 Å². The van der Waals surface area contributed by atoms with Crippen molar-refractivity contribution in [2.45, 2.75) is 24.9 Å². The molecule has 4 aromatic rings. The van der Waals surface area contributed by atoms with Crippen LogP contribution in [0.15, 0.2) is 53.2 Å². The SMILES string of the molecule is NC(=O)c1cc(CC(Cc2cc(F)ccc2F)c2c[nH]c3ccc(C(F)(F)F)cc23)on1. The molecule has 0 saturated heterocycles. The smallest absolute Gasteiger partial charge is 0.364 e. The molecule has 5 nitrogen and oxygen atoms in total. The van der Waals surface area contributed by atoms with Crippen LogP contribution >= 0.6 is 0 Å². The van der Waals surface area contributed by atoms with E-state index in [2.05, 4.69) is 10.1 Å². The van der Waals surface area contributed by atoms with Crippen LogP contribution in [0.5, 0.6) is 0 Å². The van der Waals surface area contributed by atoms with Crippen LogP contribution in [0, 0.1) is 11.6 Å². The van der Waals surface area contributed by atoms with Crippen molar-refractivity contribution in [1.82, 2.24) is 10.1 Å². The van der Waals surface area contributed by atoms with Crippen molar-refractivity contribution in [3.63, 3.8) is 0 Å². The molecule has 0 spiro atoms. The number of halogens is 5. The molecule has 10 heteroatoms. The number of amides is 1. The Kier molecular flexibility index (Phi) is 5.45. The van der Waals surface area contributed by atoms with Gasteiger partial charge in [0, 0.05) is 29.6 Å². The average molecular weight is 449 g/mol. The number of nitrogens with two attached hydrogens (primary N) is 1. The van der Waals surface area contributed by atoms with Gasteiger partial charge in [-0.05, 0) is 59.9 Å². The van der Waals surface area contributed by atoms with Crippen molar-refractivity contribution in [3.05, 3.63) is 88.4 Å². The Morgan fingerprint density at radius 1 is 1.09 bits per heavy atom. The highest BCUT2D eigenvalue weighted by molar-refractivity contribution is 5.90. The molecule has 0 radical (unpaired) electrons. The molecular weight excluding hydrogens is 433 g/mol. The second kappa shape index (κ2) is 8.10. The van der Waals surface area contributed by atoms with E-state index in [0.717, 1.165) is 30.3 Å². The van der Waals surface area contributed by atoms with Gasteiger partial charge in [-0.3, -0.25) is 4.79 Å². The van der Waals surface area contributed by atoms with Gasteiger partial charge in [0.2, 0.25) is 0 Å². The van der Waals surface area contributed by atoms with E-state index in [1.807, 2.05) is 0 Å². The van der Waals surface area contributed by atoms with E-state index in [4.69, 9.17) is 10.3 Å². The molecule has 2 aromatic carbocycles. The molecule has 1 atom stereocenters. The van der Waals surface area contributed by atoms with Gasteiger partial charge in [0.1, 0.15) is 17.4 Å². The molecule has 2 heterocycles. The van der Waals surface area contributed by atoms with Gasteiger partial charge in [-0.1, -0.05) is 5.16 Å². The zero-order valence-corrected chi connectivity index (χ0v) is 16.3. The summed E-state index contributed by atoms with van der Waals surface area (Å²) in [5.41, 5.74) is 5.18. The number of H-pyrrole nitrogens is 1. The lowest BCUT2D eigenvalue weighted by Gasteiger charge is -2.16. The average Bonchev–Trinajstić information content (AvgIpc) is 3.36. The molecule has 4 rings (SSSR count). The number of fused-ring (bicyclic) bond motifs is 1. The number of nitrogens with one attached hydrogen (secondary N) is 1. The third-order valence-corrected chi connectivity index (χ3v) is 5.21. The molecule has 2 aromatic heterocycles. The summed E-state index contributed by atoms with van der Waals surface area (Å²) >= 11 is 0. The fourth-order valence-corrected chi connectivity index (χ4v) is 3.68. The maximum Gasteiger partial charge on any atom is 0.416 e. The normalized spacial score (nSPS) is 12.9. The van der Waals surface area contributed by atoms with Gasteiger partial charge in [-0.25, -0.2) is 8.78 Å². The van der Waals surface area contributed by atoms with E-state index >= 15 is 0 Å². The first-order valence-corrected chi connectivity index (χ1v) is 9.49. The fourth-order valence-electron chi connectivity index (χ4n) is 3.68. The van der Waals surface area contributed by atoms with E-state index in [0.29, 0.717) is 11.1 Å². The number of carbonyl (C=O) groups is 1. The minimum absolute atomic E-state index is 0.0423. The van der Waals surface area contributed by atoms with Crippen molar-refractivity contribution in [2.24, 2.45) is 5.73 Å². The van der Waals surface area contributed by atoms with Crippen molar-refractivity contribution in [3.8, 4) is 0 Å². The Balaban J connectivity index is 1.79. The van der Waals surface area contributed by atoms with Gasteiger partial charge in [0.25, 0.3) is 5.91 Å². The van der Waals surface area contributed by atoms with Crippen LogP contribution in [-0.4, -0.2) is 16.0 Å². The Bertz CT molecular complexity index is 1290. The predicted molar refractivity (Wildman–Crippen MR) is 105 cm³/mol. The minimum atomic E-state index is -4.55. The van der Waals surface area contributed by atoms with Gasteiger partial charge < -0.3 is 15.2 Å². The van der Waals surface area contributed by atoms with Gasteiger partial charge in [0.15, 0.2) is 5.69 Å². The molecule has 0 aliphatic rings. The molecule has 0 fully saturated rings. The zero-order valence-electron chi connectivity index (χ0n) is 16.3. The highest BCUT2D eigenvalue weighted by Gasteiger charge is 2.31. The molecule has 0 bridgehead atoms. The Morgan fingerprint density at radius 2 is 1.88 bits per heavy atom. The largest absolute Gasteiger partial charge is 0.416 e. The van der Waals surface area contributed by atoms with Crippen molar-refractivity contribution in [1.29, 1.82) is 0 Å². The molecule has 1 unspecified atom stereocenters. The van der Waals surface area contributed by atoms with E-state index < -0.39 is 35.2 Å². The van der Waals surface area contributed by atoms with Crippen LogP contribution in [0.4, 0.5) is 22.0 Å². The summed E-state index contributed by atoms with van der Waals surface area (Å²) in [6.45, 7) is 0. The maximum absolute atomic E-state index is 14.3. The van der Waals surface area contributed by atoms with Gasteiger partial charge >= 0.3 is 6.18 Å². The number of carbonyl (C=O) groups excluding carboxylic acids is 1. The first-order valence-electron chi connectivity index (χ1n) is 9.49. The standard InChI is InChI=1S/C22H16F5N3O2/c23-14-2-3-18(24)12(6-14)5-11(7-15-9-20(21(28)31)30-32-15)17-10-29-19-4-1-13(8-16(17)19)22(25,26)27/h1-4,6,8-11,29H,5,7H2,(H2,28,31). The Morgan fingerprint density at radius 3 is 2.56 bits per heavy atom. The first kappa shape index (κ1) is 21.5. The molecule has 1 amide bonds. The van der Waals surface area contributed by atoms with E-state index in [9.17, 15) is 26.7 Å². The third kappa shape index (κ3) is 4.34. The van der Waals surface area contributed by atoms with Crippen LogP contribution < -0.4 is 5.73 Å². The number of aromatic amines is 1. The van der Waals surface area contributed by atoms with Crippen LogP contribution in [-0.2, 0) is 19.0 Å². The summed E-state index contributed by atoms with van der Waals surface area (Å²) in [5.74, 6) is -2.51. The lowest BCUT2D eigenvalue weighted by atomic mass is 9.87. The second-order valence-corrected chi connectivity index (χ2v) is 7.39. The highest BCUT2D eigenvalue weighted by Crippen LogP contribution is 2.36. The summed E-state index contributed by atoms with van der Waals surface area (Å²) < 4.78 is 72.9. The number of rotatable bonds is 6. The lowest BCUT2D eigenvalue weighted by Crippen LogP contribution is -2.11. The maximum atomic E-state index is 14.3. The summed E-state index contributed by atoms with van der Waals surface area (Å²) in [4.78, 5) is 14.2. The Hall–Kier alpha value is -3.69. The molecule has 0 aliphatic heterocycles. The predicted octanol–water partition coefficient (Wildman–Crippen LogP) is 5.12. The van der Waals surface area contributed by atoms with Crippen molar-refractivity contribution >= 4 is 16.8 Å². The number of nitrogens with zero attached hydrogens (tertiary/aromatic N) is 1. The molecule has 32 heavy (non-hydrogen) atoms. The quantitative estimate of drug-likeness (QED) is 0.401. The van der Waals surface area contributed by atoms with Gasteiger partial charge in [-0.15, -0.1) is 0 Å². The number of aromatic nitrogens is 2. The van der Waals surface area contributed by atoms with E-state index in [-0.39, 0.29) is 35.2 Å². The van der Waals surface area contributed by atoms with Crippen LogP contribution in [0.1, 0.15) is 38.9 Å². The zero-order chi connectivity index (χ0) is 23.0. The van der Waals surface area contributed by atoms with Crippen LogP contribution in [0.25, 0.3) is 10.9 Å². The Labute approximate surface area is 178 Å². The number of alkyl halides is 3. The van der Waals surface area contributed by atoms with Crippen molar-refractivity contribution in [2.75, 3.05) is 0 Å². The van der Waals surface area contributed by atoms with E-state index in [1.165, 1.54) is 18.3 Å². The number of benzene rings is 2. The molecule has 0 saturated carbocycles. The second-order valence-electron chi connectivity index (χ2n) is 7.39. The lowest BCUT2D eigenvalue weighted by molar-refractivity contribution is -0.137. The van der Waals surface area contributed by atoms with Crippen LogP contribution in [0.3, 0.4) is 0 Å². The monoisotopic (exact) mass is 449 g/mol. The summed E-state index contributed by atoms with van der Waals surface area (Å²) in [6.07, 6.45) is -3.01. The first-order chi connectivity index (χ1) is 15.1. The van der Waals surface area contributed by atoms with Gasteiger partial charge in [0.05, 0.1) is 5.56 Å². The summed E-state index contributed by atoms with van der Waals surface area (Å²) in [7, 11) is 0. The fraction of sp³-hybridized carbons (Fsp3) is 0.182. The minimum Gasteiger partial charge on any atom is -0.364 e. The molecule has 0 aliphatic carbocycles. The molecule has 166 valence electrons. The summed E-state index contributed by atoms with van der Waals surface area (Å²) in [6, 6.07) is 7.58. The number of hydrogen-bond acceptors (Lipinski definition) is 3. The highest BCUT2D eigenvalue weighted by atomic mass is 19.4. The van der Waals surface area contributed by atoms with E-state index in [1.54, 1.807) is 0 Å². The topological polar surface area (TPSA) is 84.9 Å². The number of hydrogen-bond donors (Lipinski definition) is 2. The summed E-state index contributed by atoms with van der Waals surface area (Å²) in [5, 5.41) is 3.85. The van der Waals surface area contributed by atoms with Crippen LogP contribution in [0.2, 0.25) is 0 Å². The molecular formula is C22H16F5N3O2. The number of primary amides is 1.